The molecule has 0 radical (unpaired) electrons. The van der Waals surface area contributed by atoms with E-state index in [1.807, 2.05) is 31.2 Å². The molecule has 1 aromatic rings. The highest BCUT2D eigenvalue weighted by Gasteiger charge is 2.33. The number of amides is 2. The summed E-state index contributed by atoms with van der Waals surface area (Å²) in [7, 11) is 0. The lowest BCUT2D eigenvalue weighted by atomic mass is 10.2. The highest BCUT2D eigenvalue weighted by molar-refractivity contribution is 7.80. The van der Waals surface area contributed by atoms with Gasteiger partial charge in [0, 0.05) is 6.92 Å². The Morgan fingerprint density at radius 1 is 1.38 bits per heavy atom. The van der Waals surface area contributed by atoms with Crippen molar-refractivity contribution in [3.8, 4) is 5.75 Å². The van der Waals surface area contributed by atoms with Crippen LogP contribution >= 0.6 is 12.2 Å². The van der Waals surface area contributed by atoms with E-state index in [1.165, 1.54) is 6.92 Å². The van der Waals surface area contributed by atoms with Gasteiger partial charge in [-0.15, -0.1) is 0 Å². The first-order valence-corrected chi connectivity index (χ1v) is 7.04. The monoisotopic (exact) mass is 304 g/mol. The highest BCUT2D eigenvalue weighted by atomic mass is 32.1. The molecule has 6 heteroatoms. The van der Waals surface area contributed by atoms with Crippen LogP contribution in [0.5, 0.6) is 5.75 Å². The summed E-state index contributed by atoms with van der Waals surface area (Å²) in [6, 6.07) is 7.35. The van der Waals surface area contributed by atoms with Crippen molar-refractivity contribution in [3.63, 3.8) is 0 Å². The molecule has 1 N–H and O–H groups in total. The van der Waals surface area contributed by atoms with Crippen molar-refractivity contribution in [2.45, 2.75) is 20.3 Å². The van der Waals surface area contributed by atoms with Gasteiger partial charge in [0.05, 0.1) is 6.61 Å². The molecule has 1 fully saturated rings. The zero-order chi connectivity index (χ0) is 15.4. The van der Waals surface area contributed by atoms with Gasteiger partial charge < -0.3 is 10.1 Å². The molecule has 1 heterocycles. The van der Waals surface area contributed by atoms with Gasteiger partial charge in [-0.05, 0) is 42.4 Å². The number of imide groups is 1. The predicted octanol–water partition coefficient (Wildman–Crippen LogP) is 2.08. The van der Waals surface area contributed by atoms with Crippen molar-refractivity contribution in [3.05, 3.63) is 35.5 Å². The molecule has 1 aliphatic heterocycles. The van der Waals surface area contributed by atoms with Crippen molar-refractivity contribution in [2.24, 2.45) is 0 Å². The van der Waals surface area contributed by atoms with Crippen molar-refractivity contribution in [2.75, 3.05) is 6.61 Å². The topological polar surface area (TPSA) is 58.6 Å². The van der Waals surface area contributed by atoms with E-state index in [-0.39, 0.29) is 10.8 Å². The third kappa shape index (κ3) is 3.46. The summed E-state index contributed by atoms with van der Waals surface area (Å²) < 4.78 is 5.49. The number of nitrogens with zero attached hydrogens (tertiary/aromatic N) is 1. The number of hydrogen-bond acceptors (Lipinski definition) is 4. The van der Waals surface area contributed by atoms with E-state index in [0.29, 0.717) is 6.61 Å². The average molecular weight is 304 g/mol. The molecular formula is C15H16N2O3S. The molecule has 0 saturated carbocycles. The number of nitrogens with one attached hydrogen (secondary N) is 1. The highest BCUT2D eigenvalue weighted by Crippen LogP contribution is 2.17. The van der Waals surface area contributed by atoms with Crippen LogP contribution < -0.4 is 10.1 Å². The third-order valence-corrected chi connectivity index (χ3v) is 3.14. The summed E-state index contributed by atoms with van der Waals surface area (Å²) in [5.41, 5.74) is 1.11. The zero-order valence-corrected chi connectivity index (χ0v) is 12.7. The molecule has 1 saturated heterocycles. The molecule has 0 unspecified atom stereocenters. The smallest absolute Gasteiger partial charge is 0.283 e. The zero-order valence-electron chi connectivity index (χ0n) is 11.9. The van der Waals surface area contributed by atoms with Crippen molar-refractivity contribution >= 4 is 35.2 Å². The normalized spacial score (nSPS) is 16.3. The summed E-state index contributed by atoms with van der Waals surface area (Å²) in [6.07, 6.45) is 2.60. The SMILES string of the molecule is CCCOc1ccc(C=C2NC(=S)N(C(C)=O)C2=O)cc1. The van der Waals surface area contributed by atoms with Gasteiger partial charge in [0.25, 0.3) is 5.91 Å². The molecule has 2 rings (SSSR count). The molecule has 0 aromatic heterocycles. The Morgan fingerprint density at radius 2 is 2.05 bits per heavy atom. The van der Waals surface area contributed by atoms with Crippen LogP contribution in [0.1, 0.15) is 25.8 Å². The Morgan fingerprint density at radius 3 is 2.57 bits per heavy atom. The second kappa shape index (κ2) is 6.49. The van der Waals surface area contributed by atoms with E-state index in [0.717, 1.165) is 22.6 Å². The van der Waals surface area contributed by atoms with Crippen LogP contribution in [0.15, 0.2) is 30.0 Å². The molecule has 0 aliphatic carbocycles. The second-order valence-corrected chi connectivity index (χ2v) is 4.95. The number of ether oxygens (including phenoxy) is 1. The number of thiocarbonyl (C=S) groups is 1. The molecule has 5 nitrogen and oxygen atoms in total. The molecule has 1 aromatic carbocycles. The number of carbonyl (C=O) groups excluding carboxylic acids is 2. The van der Waals surface area contributed by atoms with Gasteiger partial charge in [0.15, 0.2) is 5.11 Å². The van der Waals surface area contributed by atoms with Crippen LogP contribution in [0, 0.1) is 0 Å². The van der Waals surface area contributed by atoms with E-state index in [2.05, 4.69) is 5.32 Å². The van der Waals surface area contributed by atoms with Crippen LogP contribution in [-0.2, 0) is 9.59 Å². The summed E-state index contributed by atoms with van der Waals surface area (Å²) in [5.74, 6) is -0.0476. The number of carbonyl (C=O) groups is 2. The van der Waals surface area contributed by atoms with E-state index in [9.17, 15) is 9.59 Å². The summed E-state index contributed by atoms with van der Waals surface area (Å²) >= 11 is 4.97. The molecule has 1 aliphatic rings. The van der Waals surface area contributed by atoms with Crippen LogP contribution in [0.2, 0.25) is 0 Å². The first-order chi connectivity index (χ1) is 10.0. The maximum atomic E-state index is 12.0. The predicted molar refractivity (Wildman–Crippen MR) is 83.5 cm³/mol. The lowest BCUT2D eigenvalue weighted by Gasteiger charge is -2.07. The van der Waals surface area contributed by atoms with Gasteiger partial charge in [-0.3, -0.25) is 9.59 Å². The fourth-order valence-corrected chi connectivity index (χ4v) is 2.19. The average Bonchev–Trinajstić information content (AvgIpc) is 2.72. The molecular weight excluding hydrogens is 288 g/mol. The minimum atomic E-state index is -0.432. The van der Waals surface area contributed by atoms with Crippen molar-refractivity contribution < 1.29 is 14.3 Å². The molecule has 21 heavy (non-hydrogen) atoms. The van der Waals surface area contributed by atoms with E-state index >= 15 is 0 Å². The van der Waals surface area contributed by atoms with Gasteiger partial charge >= 0.3 is 0 Å². The van der Waals surface area contributed by atoms with Gasteiger partial charge in [-0.2, -0.15) is 0 Å². The van der Waals surface area contributed by atoms with Crippen LogP contribution in [-0.4, -0.2) is 28.4 Å². The Labute approximate surface area is 128 Å². The largest absolute Gasteiger partial charge is 0.494 e. The first kappa shape index (κ1) is 15.2. The van der Waals surface area contributed by atoms with Crippen molar-refractivity contribution in [1.82, 2.24) is 10.2 Å². The number of hydrogen-bond donors (Lipinski definition) is 1. The Hall–Kier alpha value is -2.21. The van der Waals surface area contributed by atoms with E-state index < -0.39 is 11.8 Å². The lowest BCUT2D eigenvalue weighted by molar-refractivity contribution is -0.135. The quantitative estimate of drug-likeness (QED) is 0.682. The molecule has 2 amide bonds. The van der Waals surface area contributed by atoms with Gasteiger partial charge in [0.2, 0.25) is 5.91 Å². The fraction of sp³-hybridized carbons (Fsp3) is 0.267. The van der Waals surface area contributed by atoms with Crippen LogP contribution in [0.3, 0.4) is 0 Å². The standard InChI is InChI=1S/C15H16N2O3S/c1-3-8-20-12-6-4-11(5-7-12)9-13-14(19)17(10(2)18)15(21)16-13/h4-7,9H,3,8H2,1-2H3,(H,16,21). The summed E-state index contributed by atoms with van der Waals surface area (Å²) in [6.45, 7) is 4.01. The van der Waals surface area contributed by atoms with E-state index in [4.69, 9.17) is 17.0 Å². The van der Waals surface area contributed by atoms with E-state index in [1.54, 1.807) is 6.08 Å². The maximum Gasteiger partial charge on any atom is 0.283 e. The molecule has 0 spiro atoms. The fourth-order valence-electron chi connectivity index (χ4n) is 1.87. The van der Waals surface area contributed by atoms with Crippen LogP contribution in [0.4, 0.5) is 0 Å². The lowest BCUT2D eigenvalue weighted by Crippen LogP contribution is -2.34. The first-order valence-electron chi connectivity index (χ1n) is 6.63. The Kier molecular flexibility index (Phi) is 4.70. The minimum absolute atomic E-state index is 0.113. The number of rotatable bonds is 4. The van der Waals surface area contributed by atoms with Gasteiger partial charge in [0.1, 0.15) is 11.4 Å². The summed E-state index contributed by atoms with van der Waals surface area (Å²) in [4.78, 5) is 24.3. The molecule has 110 valence electrons. The minimum Gasteiger partial charge on any atom is -0.494 e. The number of benzene rings is 1. The molecule has 0 bridgehead atoms. The molecule has 0 atom stereocenters. The van der Waals surface area contributed by atoms with Crippen LogP contribution in [0.25, 0.3) is 6.08 Å². The van der Waals surface area contributed by atoms with Crippen molar-refractivity contribution in [1.29, 1.82) is 0 Å². The Bertz CT molecular complexity index is 608. The van der Waals surface area contributed by atoms with Gasteiger partial charge in [-0.1, -0.05) is 19.1 Å². The Balaban J connectivity index is 2.15. The maximum absolute atomic E-state index is 12.0. The third-order valence-electron chi connectivity index (χ3n) is 2.86. The second-order valence-electron chi connectivity index (χ2n) is 4.57. The summed E-state index contributed by atoms with van der Waals surface area (Å²) in [5, 5.41) is 2.86. The van der Waals surface area contributed by atoms with Gasteiger partial charge in [-0.25, -0.2) is 4.90 Å².